The summed E-state index contributed by atoms with van der Waals surface area (Å²) in [4.78, 5) is 0. The van der Waals surface area contributed by atoms with Gasteiger partial charge < -0.3 is 5.32 Å². The van der Waals surface area contributed by atoms with Crippen molar-refractivity contribution < 1.29 is 4.21 Å². The molecule has 1 aliphatic carbocycles. The van der Waals surface area contributed by atoms with E-state index in [9.17, 15) is 4.21 Å². The quantitative estimate of drug-likeness (QED) is 0.825. The Morgan fingerprint density at radius 3 is 2.43 bits per heavy atom. The third-order valence-electron chi connectivity index (χ3n) is 4.52. The van der Waals surface area contributed by atoms with Crippen LogP contribution in [0.1, 0.15) is 62.6 Å². The van der Waals surface area contributed by atoms with E-state index in [2.05, 4.69) is 36.5 Å². The van der Waals surface area contributed by atoms with Gasteiger partial charge in [-0.3, -0.25) is 4.21 Å². The molecule has 0 heterocycles. The van der Waals surface area contributed by atoms with Gasteiger partial charge in [0.15, 0.2) is 0 Å². The molecule has 1 aromatic rings. The lowest BCUT2D eigenvalue weighted by Gasteiger charge is -2.24. The predicted molar refractivity (Wildman–Crippen MR) is 92.1 cm³/mol. The van der Waals surface area contributed by atoms with Gasteiger partial charge in [-0.05, 0) is 37.4 Å². The summed E-state index contributed by atoms with van der Waals surface area (Å²) in [6.45, 7) is 2.21. The van der Waals surface area contributed by atoms with Gasteiger partial charge in [0.1, 0.15) is 0 Å². The molecule has 2 nitrogen and oxygen atoms in total. The molecule has 0 aliphatic heterocycles. The summed E-state index contributed by atoms with van der Waals surface area (Å²) < 4.78 is 12.6. The molecule has 0 aromatic heterocycles. The third kappa shape index (κ3) is 4.93. The van der Waals surface area contributed by atoms with Gasteiger partial charge in [0.05, 0.1) is 0 Å². The third-order valence-corrected chi connectivity index (χ3v) is 6.40. The van der Waals surface area contributed by atoms with E-state index in [1.807, 2.05) is 7.05 Å². The monoisotopic (exact) mass is 307 g/mol. The number of rotatable bonds is 7. The molecule has 0 bridgehead atoms. The van der Waals surface area contributed by atoms with Gasteiger partial charge in [-0.25, -0.2) is 0 Å². The largest absolute Gasteiger partial charge is 0.312 e. The van der Waals surface area contributed by atoms with Crippen molar-refractivity contribution in [2.75, 3.05) is 12.8 Å². The lowest BCUT2D eigenvalue weighted by atomic mass is 10.0. The van der Waals surface area contributed by atoms with Crippen LogP contribution >= 0.6 is 0 Å². The molecule has 1 aliphatic rings. The van der Waals surface area contributed by atoms with Crippen LogP contribution in [-0.4, -0.2) is 22.3 Å². The molecule has 2 atom stereocenters. The Kier molecular flexibility index (Phi) is 6.91. The van der Waals surface area contributed by atoms with Crippen LogP contribution in [0.3, 0.4) is 0 Å². The molecule has 3 heteroatoms. The van der Waals surface area contributed by atoms with Gasteiger partial charge in [0.25, 0.3) is 0 Å². The number of aryl methyl sites for hydroxylation is 1. The van der Waals surface area contributed by atoms with Crippen molar-refractivity contribution in [1.82, 2.24) is 5.32 Å². The van der Waals surface area contributed by atoms with Crippen LogP contribution in [0.15, 0.2) is 24.3 Å². The maximum absolute atomic E-state index is 12.6. The maximum atomic E-state index is 12.6. The van der Waals surface area contributed by atoms with Crippen molar-refractivity contribution in [3.8, 4) is 0 Å². The zero-order valence-electron chi connectivity index (χ0n) is 13.4. The van der Waals surface area contributed by atoms with Gasteiger partial charge in [0.2, 0.25) is 0 Å². The van der Waals surface area contributed by atoms with E-state index in [1.54, 1.807) is 0 Å². The van der Waals surface area contributed by atoms with Gasteiger partial charge >= 0.3 is 0 Å². The Balaban J connectivity index is 1.96. The van der Waals surface area contributed by atoms with Crippen molar-refractivity contribution in [3.05, 3.63) is 35.4 Å². The topological polar surface area (TPSA) is 29.1 Å². The zero-order chi connectivity index (χ0) is 15.1. The Bertz CT molecular complexity index is 437. The first-order valence-corrected chi connectivity index (χ1v) is 9.76. The Morgan fingerprint density at radius 2 is 1.86 bits per heavy atom. The SMILES string of the molecule is CCCc1ccc(C(CS(=O)C2CCCCC2)NC)cc1. The molecule has 1 N–H and O–H groups in total. The molecule has 118 valence electrons. The molecular formula is C18H29NOS. The number of benzene rings is 1. The van der Waals surface area contributed by atoms with E-state index in [-0.39, 0.29) is 6.04 Å². The van der Waals surface area contributed by atoms with Crippen LogP contribution in [0, 0.1) is 0 Å². The van der Waals surface area contributed by atoms with E-state index in [1.165, 1.54) is 36.8 Å². The second-order valence-corrected chi connectivity index (χ2v) is 7.90. The first-order valence-electron chi connectivity index (χ1n) is 8.38. The summed E-state index contributed by atoms with van der Waals surface area (Å²) in [7, 11) is 1.27. The molecule has 2 unspecified atom stereocenters. The highest BCUT2D eigenvalue weighted by Gasteiger charge is 2.22. The first kappa shape index (κ1) is 16.7. The van der Waals surface area contributed by atoms with E-state index >= 15 is 0 Å². The summed E-state index contributed by atoms with van der Waals surface area (Å²) in [5, 5.41) is 3.77. The van der Waals surface area contributed by atoms with Crippen LogP contribution in [0.25, 0.3) is 0 Å². The van der Waals surface area contributed by atoms with Crippen molar-refractivity contribution in [3.63, 3.8) is 0 Å². The standard InChI is InChI=1S/C18H29NOS/c1-3-7-15-10-12-16(13-11-15)18(19-2)14-21(20)17-8-5-4-6-9-17/h10-13,17-19H,3-9,14H2,1-2H3. The molecule has 0 spiro atoms. The minimum absolute atomic E-state index is 0.212. The van der Waals surface area contributed by atoms with Crippen LogP contribution in [-0.2, 0) is 17.2 Å². The fraction of sp³-hybridized carbons (Fsp3) is 0.667. The van der Waals surface area contributed by atoms with E-state index in [0.29, 0.717) is 5.25 Å². The van der Waals surface area contributed by atoms with Crippen molar-refractivity contribution in [2.45, 2.75) is 63.2 Å². The molecule has 0 radical (unpaired) electrons. The average Bonchev–Trinajstić information content (AvgIpc) is 2.54. The smallest absolute Gasteiger partial charge is 0.0434 e. The second-order valence-electron chi connectivity index (χ2n) is 6.14. The fourth-order valence-corrected chi connectivity index (χ4v) is 5.00. The van der Waals surface area contributed by atoms with Gasteiger partial charge in [-0.1, -0.05) is 56.9 Å². The summed E-state index contributed by atoms with van der Waals surface area (Å²) in [6.07, 6.45) is 8.46. The molecule has 0 saturated heterocycles. The minimum atomic E-state index is -0.708. The Hall–Kier alpha value is -0.670. The van der Waals surface area contributed by atoms with Crippen molar-refractivity contribution in [2.24, 2.45) is 0 Å². The van der Waals surface area contributed by atoms with Gasteiger partial charge in [-0.2, -0.15) is 0 Å². The highest BCUT2D eigenvalue weighted by molar-refractivity contribution is 7.85. The number of nitrogens with one attached hydrogen (secondary N) is 1. The molecule has 1 aromatic carbocycles. The van der Waals surface area contributed by atoms with Crippen LogP contribution in [0.2, 0.25) is 0 Å². The first-order chi connectivity index (χ1) is 10.2. The summed E-state index contributed by atoms with van der Waals surface area (Å²) in [6, 6.07) is 9.04. The van der Waals surface area contributed by atoms with Crippen LogP contribution in [0.5, 0.6) is 0 Å². The van der Waals surface area contributed by atoms with E-state index in [0.717, 1.165) is 25.0 Å². The second kappa shape index (κ2) is 8.70. The predicted octanol–water partition coefficient (Wildman–Crippen LogP) is 3.98. The highest BCUT2D eigenvalue weighted by atomic mass is 32.2. The zero-order valence-corrected chi connectivity index (χ0v) is 14.3. The fourth-order valence-electron chi connectivity index (χ4n) is 3.18. The molecule has 1 fully saturated rings. The molecule has 1 saturated carbocycles. The normalized spacial score (nSPS) is 19.3. The Labute approximate surface area is 132 Å². The number of hydrogen-bond acceptors (Lipinski definition) is 2. The van der Waals surface area contributed by atoms with Gasteiger partial charge in [0, 0.05) is 27.8 Å². The van der Waals surface area contributed by atoms with Crippen LogP contribution in [0.4, 0.5) is 0 Å². The Morgan fingerprint density at radius 1 is 1.19 bits per heavy atom. The van der Waals surface area contributed by atoms with Crippen LogP contribution < -0.4 is 5.32 Å². The van der Waals surface area contributed by atoms with Crippen molar-refractivity contribution in [1.29, 1.82) is 0 Å². The molecule has 0 amide bonds. The molecule has 2 rings (SSSR count). The van der Waals surface area contributed by atoms with E-state index in [4.69, 9.17) is 0 Å². The maximum Gasteiger partial charge on any atom is 0.0434 e. The minimum Gasteiger partial charge on any atom is -0.312 e. The molecular weight excluding hydrogens is 278 g/mol. The lowest BCUT2D eigenvalue weighted by Crippen LogP contribution is -2.28. The lowest BCUT2D eigenvalue weighted by molar-refractivity contribution is 0.502. The summed E-state index contributed by atoms with van der Waals surface area (Å²) in [5.41, 5.74) is 2.66. The number of hydrogen-bond donors (Lipinski definition) is 1. The van der Waals surface area contributed by atoms with Crippen molar-refractivity contribution >= 4 is 10.8 Å². The summed E-state index contributed by atoms with van der Waals surface area (Å²) >= 11 is 0. The van der Waals surface area contributed by atoms with Gasteiger partial charge in [-0.15, -0.1) is 0 Å². The van der Waals surface area contributed by atoms with E-state index < -0.39 is 10.8 Å². The highest BCUT2D eigenvalue weighted by Crippen LogP contribution is 2.24. The average molecular weight is 308 g/mol. The molecule has 21 heavy (non-hydrogen) atoms. The summed E-state index contributed by atoms with van der Waals surface area (Å²) in [5.74, 6) is 0.744.